The molecule has 3 amide bonds. The highest BCUT2D eigenvalue weighted by molar-refractivity contribution is 6.06. The van der Waals surface area contributed by atoms with E-state index in [-0.39, 0.29) is 42.4 Å². The fourth-order valence-corrected chi connectivity index (χ4v) is 5.76. The molecule has 10 nitrogen and oxygen atoms in total. The summed E-state index contributed by atoms with van der Waals surface area (Å²) in [4.78, 5) is 54.7. The highest BCUT2D eigenvalue weighted by Gasteiger charge is 2.36. The quantitative estimate of drug-likeness (QED) is 0.430. The van der Waals surface area contributed by atoms with E-state index >= 15 is 0 Å². The van der Waals surface area contributed by atoms with Crippen LogP contribution in [-0.4, -0.2) is 88.5 Å². The predicted molar refractivity (Wildman–Crippen MR) is 149 cm³/mol. The molecule has 216 valence electrons. The van der Waals surface area contributed by atoms with Crippen LogP contribution in [0.3, 0.4) is 0 Å². The van der Waals surface area contributed by atoms with Crippen molar-refractivity contribution >= 4 is 40.7 Å². The predicted octanol–water partition coefficient (Wildman–Crippen LogP) is 2.37. The number of benzene rings is 1. The molecule has 1 aliphatic heterocycles. The number of aryl methyl sites for hydroxylation is 1. The molecule has 1 saturated heterocycles. The molecule has 0 bridgehead atoms. The molecule has 2 unspecified atom stereocenters. The first-order chi connectivity index (χ1) is 19.1. The fraction of sp³-hybridized carbons (Fsp3) is 0.517. The normalized spacial score (nSPS) is 18.2. The number of carboxylic acid groups (broad SMARTS) is 1. The number of nitrogens with zero attached hydrogens (tertiary/aromatic N) is 3. The van der Waals surface area contributed by atoms with Crippen molar-refractivity contribution < 1.29 is 28.7 Å². The average Bonchev–Trinajstić information content (AvgIpc) is 3.24. The lowest BCUT2D eigenvalue weighted by Crippen LogP contribution is -2.59. The van der Waals surface area contributed by atoms with Crippen LogP contribution < -0.4 is 10.6 Å². The zero-order valence-electron chi connectivity index (χ0n) is 23.3. The summed E-state index contributed by atoms with van der Waals surface area (Å²) in [5.41, 5.74) is 1.19. The van der Waals surface area contributed by atoms with E-state index in [1.165, 1.54) is 18.2 Å². The Balaban J connectivity index is 1.52. The Morgan fingerprint density at radius 1 is 1.05 bits per heavy atom. The molecule has 2 fully saturated rings. The smallest absolute Gasteiger partial charge is 0.328 e. The first kappa shape index (κ1) is 29.3. The van der Waals surface area contributed by atoms with Gasteiger partial charge in [-0.15, -0.1) is 0 Å². The van der Waals surface area contributed by atoms with Gasteiger partial charge in [0, 0.05) is 55.8 Å². The zero-order chi connectivity index (χ0) is 29.0. The minimum Gasteiger partial charge on any atom is -0.478 e. The summed E-state index contributed by atoms with van der Waals surface area (Å²) in [6, 6.07) is 3.12. The van der Waals surface area contributed by atoms with Gasteiger partial charge >= 0.3 is 5.97 Å². The largest absolute Gasteiger partial charge is 0.478 e. The number of halogens is 1. The molecular weight excluding hydrogens is 517 g/mol. The van der Waals surface area contributed by atoms with Gasteiger partial charge in [0.25, 0.3) is 5.91 Å². The molecular formula is C29H38FN5O5. The van der Waals surface area contributed by atoms with Gasteiger partial charge < -0.3 is 30.1 Å². The van der Waals surface area contributed by atoms with Crippen molar-refractivity contribution in [1.29, 1.82) is 0 Å². The van der Waals surface area contributed by atoms with Crippen LogP contribution in [-0.2, 0) is 21.4 Å². The number of likely N-dealkylation sites (N-methyl/N-ethyl adjacent to an activating group) is 1. The summed E-state index contributed by atoms with van der Waals surface area (Å²) in [5.74, 6) is -2.25. The molecule has 2 atom stereocenters. The number of amides is 3. The molecule has 4 rings (SSSR count). The van der Waals surface area contributed by atoms with Crippen LogP contribution in [0.1, 0.15) is 55.1 Å². The highest BCUT2D eigenvalue weighted by atomic mass is 19.1. The lowest BCUT2D eigenvalue weighted by molar-refractivity contribution is -0.140. The number of aromatic nitrogens is 1. The van der Waals surface area contributed by atoms with Crippen molar-refractivity contribution in [2.75, 3.05) is 33.2 Å². The lowest BCUT2D eigenvalue weighted by Gasteiger charge is -2.39. The van der Waals surface area contributed by atoms with Crippen LogP contribution in [0.4, 0.5) is 4.39 Å². The third kappa shape index (κ3) is 6.19. The van der Waals surface area contributed by atoms with E-state index in [1.807, 2.05) is 0 Å². The van der Waals surface area contributed by atoms with Crippen molar-refractivity contribution in [3.8, 4) is 0 Å². The van der Waals surface area contributed by atoms with Gasteiger partial charge in [-0.05, 0) is 57.0 Å². The number of aliphatic carboxylic acids is 1. The van der Waals surface area contributed by atoms with Gasteiger partial charge in [-0.2, -0.15) is 0 Å². The molecule has 0 radical (unpaired) electrons. The number of carbonyl (C=O) groups excluding carboxylic acids is 3. The van der Waals surface area contributed by atoms with E-state index in [0.717, 1.165) is 38.2 Å². The van der Waals surface area contributed by atoms with Crippen LogP contribution in [0.15, 0.2) is 24.3 Å². The number of fused-ring (bicyclic) bond motifs is 1. The number of rotatable bonds is 8. The van der Waals surface area contributed by atoms with Gasteiger partial charge in [-0.1, -0.05) is 19.3 Å². The Bertz CT molecular complexity index is 1310. The summed E-state index contributed by atoms with van der Waals surface area (Å²) in [5, 5.41) is 15.5. The third-order valence-electron chi connectivity index (χ3n) is 8.19. The Morgan fingerprint density at radius 3 is 2.33 bits per heavy atom. The summed E-state index contributed by atoms with van der Waals surface area (Å²) in [6.07, 6.45) is 7.21. The number of nitrogens with one attached hydrogen (secondary N) is 2. The van der Waals surface area contributed by atoms with Gasteiger partial charge in [0.15, 0.2) is 0 Å². The van der Waals surface area contributed by atoms with E-state index in [1.54, 1.807) is 41.5 Å². The number of piperazine rings is 1. The number of carboxylic acids is 1. The fourth-order valence-electron chi connectivity index (χ4n) is 5.76. The second-order valence-corrected chi connectivity index (χ2v) is 10.7. The van der Waals surface area contributed by atoms with Crippen LogP contribution in [0.5, 0.6) is 0 Å². The standard InChI is InChI=1S/C29H38FN5O5/c1-18(31-2)27(38)32-25(19-7-5-4-6-8-19)28(39)34-13-15-35(16-14-34)29(40)26-21(10-12-24(36)37)22-17-20(30)9-11-23(22)33(26)3/h9-12,17-19,25,31H,4-8,13-16H2,1-3H3,(H,32,38)(H,36,37)/b12-10+. The van der Waals surface area contributed by atoms with E-state index in [9.17, 15) is 28.7 Å². The molecule has 1 saturated carbocycles. The number of carbonyl (C=O) groups is 4. The van der Waals surface area contributed by atoms with Gasteiger partial charge in [0.1, 0.15) is 17.6 Å². The molecule has 2 aromatic rings. The van der Waals surface area contributed by atoms with Gasteiger partial charge in [0.2, 0.25) is 11.8 Å². The van der Waals surface area contributed by atoms with Crippen LogP contribution in [0.25, 0.3) is 17.0 Å². The minimum absolute atomic E-state index is 0.0775. The summed E-state index contributed by atoms with van der Waals surface area (Å²) in [7, 11) is 3.39. The van der Waals surface area contributed by atoms with Crippen molar-refractivity contribution in [3.05, 3.63) is 41.3 Å². The van der Waals surface area contributed by atoms with Crippen molar-refractivity contribution in [3.63, 3.8) is 0 Å². The molecule has 3 N–H and O–H groups in total. The summed E-state index contributed by atoms with van der Waals surface area (Å²) in [6.45, 7) is 2.93. The Kier molecular flexibility index (Phi) is 9.24. The second-order valence-electron chi connectivity index (χ2n) is 10.7. The summed E-state index contributed by atoms with van der Waals surface area (Å²) >= 11 is 0. The Labute approximate surface area is 233 Å². The molecule has 2 aliphatic rings. The molecule has 40 heavy (non-hydrogen) atoms. The van der Waals surface area contributed by atoms with E-state index in [2.05, 4.69) is 10.6 Å². The van der Waals surface area contributed by atoms with E-state index in [0.29, 0.717) is 29.6 Å². The third-order valence-corrected chi connectivity index (χ3v) is 8.19. The second kappa shape index (κ2) is 12.6. The lowest BCUT2D eigenvalue weighted by atomic mass is 9.83. The Morgan fingerprint density at radius 2 is 1.70 bits per heavy atom. The van der Waals surface area contributed by atoms with E-state index in [4.69, 9.17) is 0 Å². The highest BCUT2D eigenvalue weighted by Crippen LogP contribution is 2.30. The molecule has 11 heteroatoms. The molecule has 1 aliphatic carbocycles. The molecule has 0 spiro atoms. The van der Waals surface area contributed by atoms with Crippen LogP contribution >= 0.6 is 0 Å². The van der Waals surface area contributed by atoms with Crippen LogP contribution in [0.2, 0.25) is 0 Å². The molecule has 2 heterocycles. The maximum atomic E-state index is 14.1. The van der Waals surface area contributed by atoms with Crippen LogP contribution in [0, 0.1) is 11.7 Å². The van der Waals surface area contributed by atoms with E-state index < -0.39 is 23.9 Å². The Hall–Kier alpha value is -3.73. The van der Waals surface area contributed by atoms with Gasteiger partial charge in [-0.3, -0.25) is 14.4 Å². The first-order valence-electron chi connectivity index (χ1n) is 13.9. The van der Waals surface area contributed by atoms with Crippen molar-refractivity contribution in [2.45, 2.75) is 51.1 Å². The average molecular weight is 556 g/mol. The molecule has 1 aromatic carbocycles. The van der Waals surface area contributed by atoms with Crippen molar-refractivity contribution in [1.82, 2.24) is 25.0 Å². The maximum absolute atomic E-state index is 14.1. The maximum Gasteiger partial charge on any atom is 0.328 e. The first-order valence-corrected chi connectivity index (χ1v) is 13.9. The number of hydrogen-bond acceptors (Lipinski definition) is 5. The SMILES string of the molecule is CNC(C)C(=O)NC(C(=O)N1CCN(C(=O)c2c(/C=C/C(=O)O)c3cc(F)ccc3n2C)CC1)C1CCCCC1. The summed E-state index contributed by atoms with van der Waals surface area (Å²) < 4.78 is 15.7. The van der Waals surface area contributed by atoms with Gasteiger partial charge in [0.05, 0.1) is 6.04 Å². The number of hydrogen-bond donors (Lipinski definition) is 3. The zero-order valence-corrected chi connectivity index (χ0v) is 23.3. The molecule has 1 aromatic heterocycles. The van der Waals surface area contributed by atoms with Gasteiger partial charge in [-0.25, -0.2) is 9.18 Å². The topological polar surface area (TPSA) is 124 Å². The van der Waals surface area contributed by atoms with Crippen molar-refractivity contribution in [2.24, 2.45) is 13.0 Å². The monoisotopic (exact) mass is 555 g/mol. The minimum atomic E-state index is -1.18.